The van der Waals surface area contributed by atoms with Crippen molar-refractivity contribution in [2.75, 3.05) is 12.4 Å². The van der Waals surface area contributed by atoms with Gasteiger partial charge in [-0.05, 0) is 51.8 Å². The number of methoxy groups -OCH3 is 1. The fourth-order valence-corrected chi connectivity index (χ4v) is 2.20. The van der Waals surface area contributed by atoms with E-state index in [1.165, 1.54) is 6.07 Å². The summed E-state index contributed by atoms with van der Waals surface area (Å²) in [6.45, 7) is 0.400. The molecule has 6 heteroatoms. The maximum Gasteiger partial charge on any atom is 0.416 e. The zero-order chi connectivity index (χ0) is 15.5. The summed E-state index contributed by atoms with van der Waals surface area (Å²) in [4.78, 5) is 0. The van der Waals surface area contributed by atoms with E-state index >= 15 is 0 Å². The van der Waals surface area contributed by atoms with Gasteiger partial charge in [-0.2, -0.15) is 13.2 Å². The number of ether oxygens (including phenoxy) is 1. The first-order chi connectivity index (χ1) is 9.90. The van der Waals surface area contributed by atoms with Crippen LogP contribution in [0.2, 0.25) is 0 Å². The van der Waals surface area contributed by atoms with Crippen LogP contribution in [0.1, 0.15) is 11.1 Å². The van der Waals surface area contributed by atoms with Crippen molar-refractivity contribution in [3.05, 3.63) is 58.1 Å². The fourth-order valence-electron chi connectivity index (χ4n) is 1.82. The van der Waals surface area contributed by atoms with E-state index in [4.69, 9.17) is 4.74 Å². The van der Waals surface area contributed by atoms with Crippen LogP contribution in [-0.2, 0) is 12.7 Å². The van der Waals surface area contributed by atoms with Crippen LogP contribution >= 0.6 is 15.9 Å². The molecular weight excluding hydrogens is 347 g/mol. The van der Waals surface area contributed by atoms with E-state index in [0.717, 1.165) is 17.7 Å². The Kier molecular flexibility index (Phi) is 4.77. The number of alkyl halides is 3. The molecule has 112 valence electrons. The summed E-state index contributed by atoms with van der Waals surface area (Å²) in [5.74, 6) is 0.706. The third-order valence-corrected chi connectivity index (χ3v) is 3.60. The molecule has 2 aromatic rings. The van der Waals surface area contributed by atoms with Gasteiger partial charge in [0.05, 0.1) is 12.7 Å². The van der Waals surface area contributed by atoms with Crippen LogP contribution in [0, 0.1) is 0 Å². The maximum absolute atomic E-state index is 12.7. The molecule has 2 aromatic carbocycles. The molecule has 0 fully saturated rings. The van der Waals surface area contributed by atoms with Crippen LogP contribution in [0.5, 0.6) is 5.75 Å². The third-order valence-electron chi connectivity index (χ3n) is 2.91. The van der Waals surface area contributed by atoms with E-state index in [2.05, 4.69) is 21.2 Å². The normalized spacial score (nSPS) is 11.3. The minimum Gasteiger partial charge on any atom is -0.497 e. The van der Waals surface area contributed by atoms with Crippen molar-refractivity contribution in [1.82, 2.24) is 0 Å². The molecule has 0 spiro atoms. The van der Waals surface area contributed by atoms with Crippen LogP contribution < -0.4 is 10.1 Å². The molecule has 2 nitrogen and oxygen atoms in total. The van der Waals surface area contributed by atoms with Gasteiger partial charge in [0.25, 0.3) is 0 Å². The Hall–Kier alpha value is -1.69. The number of halogens is 4. The van der Waals surface area contributed by atoms with Gasteiger partial charge in [-0.1, -0.05) is 12.1 Å². The summed E-state index contributed by atoms with van der Waals surface area (Å²) in [6, 6.07) is 10.9. The molecule has 0 heterocycles. The molecule has 0 saturated carbocycles. The Morgan fingerprint density at radius 1 is 1.14 bits per heavy atom. The molecular formula is C15H13BrF3NO. The average molecular weight is 360 g/mol. The van der Waals surface area contributed by atoms with Crippen molar-refractivity contribution < 1.29 is 17.9 Å². The molecule has 0 unspecified atom stereocenters. The average Bonchev–Trinajstić information content (AvgIpc) is 2.45. The van der Waals surface area contributed by atoms with Crippen LogP contribution in [-0.4, -0.2) is 7.11 Å². The minimum atomic E-state index is -4.35. The minimum absolute atomic E-state index is 0.396. The summed E-state index contributed by atoms with van der Waals surface area (Å²) in [7, 11) is 1.57. The maximum atomic E-state index is 12.7. The highest BCUT2D eigenvalue weighted by Crippen LogP contribution is 2.34. The topological polar surface area (TPSA) is 21.3 Å². The van der Waals surface area contributed by atoms with E-state index in [9.17, 15) is 13.2 Å². The lowest BCUT2D eigenvalue weighted by molar-refractivity contribution is -0.137. The molecule has 0 aliphatic carbocycles. The zero-order valence-electron chi connectivity index (χ0n) is 11.2. The third kappa shape index (κ3) is 4.14. The Morgan fingerprint density at radius 2 is 1.90 bits per heavy atom. The highest BCUT2D eigenvalue weighted by Gasteiger charge is 2.30. The lowest BCUT2D eigenvalue weighted by Crippen LogP contribution is -2.07. The Labute approximate surface area is 129 Å². The second-order valence-electron chi connectivity index (χ2n) is 4.40. The van der Waals surface area contributed by atoms with E-state index in [0.29, 0.717) is 22.5 Å². The highest BCUT2D eigenvalue weighted by atomic mass is 79.9. The zero-order valence-corrected chi connectivity index (χ0v) is 12.8. The quantitative estimate of drug-likeness (QED) is 0.820. The first-order valence-corrected chi connectivity index (χ1v) is 6.93. The van der Waals surface area contributed by atoms with Crippen molar-refractivity contribution in [3.8, 4) is 5.75 Å². The summed E-state index contributed by atoms with van der Waals surface area (Å²) in [6.07, 6.45) is -4.35. The number of hydrogen-bond acceptors (Lipinski definition) is 2. The molecule has 0 aliphatic rings. The number of hydrogen-bond donors (Lipinski definition) is 1. The fraction of sp³-hybridized carbons (Fsp3) is 0.200. The predicted molar refractivity (Wildman–Crippen MR) is 79.5 cm³/mol. The van der Waals surface area contributed by atoms with Gasteiger partial charge in [-0.3, -0.25) is 0 Å². The molecule has 0 atom stereocenters. The van der Waals surface area contributed by atoms with Gasteiger partial charge >= 0.3 is 6.18 Å². The van der Waals surface area contributed by atoms with Gasteiger partial charge in [0, 0.05) is 16.7 Å². The summed E-state index contributed by atoms with van der Waals surface area (Å²) >= 11 is 3.24. The smallest absolute Gasteiger partial charge is 0.416 e. The predicted octanol–water partition coefficient (Wildman–Crippen LogP) is 5.09. The van der Waals surface area contributed by atoms with Crippen LogP contribution in [0.4, 0.5) is 18.9 Å². The molecule has 0 saturated heterocycles. The van der Waals surface area contributed by atoms with E-state index in [1.807, 2.05) is 24.3 Å². The first kappa shape index (κ1) is 15.7. The van der Waals surface area contributed by atoms with Gasteiger partial charge in [0.1, 0.15) is 5.75 Å². The summed E-state index contributed by atoms with van der Waals surface area (Å²) in [5, 5.41) is 2.99. The van der Waals surface area contributed by atoms with Crippen LogP contribution in [0.25, 0.3) is 0 Å². The summed E-state index contributed by atoms with van der Waals surface area (Å²) in [5.41, 5.74) is 0.630. The second kappa shape index (κ2) is 6.39. The Bertz CT molecular complexity index is 629. The molecule has 1 N–H and O–H groups in total. The van der Waals surface area contributed by atoms with Crippen molar-refractivity contribution in [1.29, 1.82) is 0 Å². The van der Waals surface area contributed by atoms with Crippen LogP contribution in [0.15, 0.2) is 46.9 Å². The molecule has 2 rings (SSSR count). The van der Waals surface area contributed by atoms with E-state index in [-0.39, 0.29) is 0 Å². The SMILES string of the molecule is COc1cccc(CNc2cc(C(F)(F)F)ccc2Br)c1. The van der Waals surface area contributed by atoms with Crippen LogP contribution in [0.3, 0.4) is 0 Å². The molecule has 0 radical (unpaired) electrons. The van der Waals surface area contributed by atoms with Crippen molar-refractivity contribution in [2.45, 2.75) is 12.7 Å². The van der Waals surface area contributed by atoms with Gasteiger partial charge < -0.3 is 10.1 Å². The largest absolute Gasteiger partial charge is 0.497 e. The number of nitrogens with one attached hydrogen (secondary N) is 1. The molecule has 0 bridgehead atoms. The highest BCUT2D eigenvalue weighted by molar-refractivity contribution is 9.10. The monoisotopic (exact) mass is 359 g/mol. The van der Waals surface area contributed by atoms with Crippen molar-refractivity contribution in [2.24, 2.45) is 0 Å². The molecule has 21 heavy (non-hydrogen) atoms. The van der Waals surface area contributed by atoms with E-state index in [1.54, 1.807) is 7.11 Å². The lowest BCUT2D eigenvalue weighted by atomic mass is 10.1. The van der Waals surface area contributed by atoms with Gasteiger partial charge in [0.15, 0.2) is 0 Å². The molecule has 0 aromatic heterocycles. The van der Waals surface area contributed by atoms with E-state index < -0.39 is 11.7 Å². The molecule has 0 aliphatic heterocycles. The number of rotatable bonds is 4. The second-order valence-corrected chi connectivity index (χ2v) is 5.25. The molecule has 0 amide bonds. The van der Waals surface area contributed by atoms with Crippen molar-refractivity contribution in [3.63, 3.8) is 0 Å². The Balaban J connectivity index is 2.15. The van der Waals surface area contributed by atoms with Gasteiger partial charge in [-0.25, -0.2) is 0 Å². The van der Waals surface area contributed by atoms with Crippen molar-refractivity contribution >= 4 is 21.6 Å². The number of benzene rings is 2. The Morgan fingerprint density at radius 3 is 2.57 bits per heavy atom. The van der Waals surface area contributed by atoms with Gasteiger partial charge in [0.2, 0.25) is 0 Å². The lowest BCUT2D eigenvalue weighted by Gasteiger charge is -2.13. The van der Waals surface area contributed by atoms with Gasteiger partial charge in [-0.15, -0.1) is 0 Å². The summed E-state index contributed by atoms with van der Waals surface area (Å²) < 4.78 is 43.8. The standard InChI is InChI=1S/C15H13BrF3NO/c1-21-12-4-2-3-10(7-12)9-20-14-8-11(15(17,18)19)5-6-13(14)16/h2-8,20H,9H2,1H3. The number of anilines is 1. The first-order valence-electron chi connectivity index (χ1n) is 6.13.